The van der Waals surface area contributed by atoms with E-state index >= 15 is 0 Å². The van der Waals surface area contributed by atoms with Crippen LogP contribution < -0.4 is 11.1 Å². The average Bonchev–Trinajstić information content (AvgIpc) is 2.35. The molecule has 2 rings (SSSR count). The molecule has 0 spiro atoms. The van der Waals surface area contributed by atoms with Gasteiger partial charge in [0.1, 0.15) is 10.8 Å². The zero-order chi connectivity index (χ0) is 13.1. The molecule has 0 amide bonds. The molecule has 0 radical (unpaired) electrons. The number of rotatable bonds is 3. The predicted molar refractivity (Wildman–Crippen MR) is 74.5 cm³/mol. The number of benzene rings is 1. The molecule has 0 unspecified atom stereocenters. The van der Waals surface area contributed by atoms with Crippen LogP contribution in [-0.2, 0) is 0 Å². The van der Waals surface area contributed by atoms with E-state index in [1.165, 1.54) is 0 Å². The van der Waals surface area contributed by atoms with Crippen LogP contribution in [-0.4, -0.2) is 9.97 Å². The maximum absolute atomic E-state index is 13.8. The van der Waals surface area contributed by atoms with Crippen molar-refractivity contribution in [2.45, 2.75) is 6.92 Å². The summed E-state index contributed by atoms with van der Waals surface area (Å²) in [5, 5.41) is 2.98. The number of halogens is 1. The summed E-state index contributed by atoms with van der Waals surface area (Å²) < 4.78 is 13.8. The Morgan fingerprint density at radius 1 is 1.39 bits per heavy atom. The number of hydrogen-bond donors (Lipinski definition) is 2. The van der Waals surface area contributed by atoms with E-state index < -0.39 is 0 Å². The number of aryl methyl sites for hydroxylation is 1. The Bertz CT molecular complexity index is 599. The van der Waals surface area contributed by atoms with Gasteiger partial charge in [0, 0.05) is 11.9 Å². The number of nitrogens with zero attached hydrogens (tertiary/aromatic N) is 1. The average molecular weight is 261 g/mol. The van der Waals surface area contributed by atoms with Gasteiger partial charge in [-0.3, -0.25) is 4.98 Å². The van der Waals surface area contributed by atoms with E-state index in [4.69, 9.17) is 18.0 Å². The van der Waals surface area contributed by atoms with E-state index in [9.17, 15) is 4.39 Å². The van der Waals surface area contributed by atoms with Crippen LogP contribution in [0.25, 0.3) is 0 Å². The Balaban J connectivity index is 2.31. The quantitative estimate of drug-likeness (QED) is 0.834. The molecule has 1 aromatic carbocycles. The Kier molecular flexibility index (Phi) is 3.53. The van der Waals surface area contributed by atoms with Gasteiger partial charge in [-0.15, -0.1) is 0 Å². The van der Waals surface area contributed by atoms with E-state index in [-0.39, 0.29) is 10.8 Å². The second kappa shape index (κ2) is 5.10. The Morgan fingerprint density at radius 3 is 2.89 bits per heavy atom. The third kappa shape index (κ3) is 2.62. The maximum Gasteiger partial charge on any atom is 0.149 e. The SMILES string of the molecule is Cc1cccc(Nc2ccnc(C(N)=S)c2)c1F. The number of anilines is 2. The molecule has 0 bridgehead atoms. The van der Waals surface area contributed by atoms with Crippen molar-refractivity contribution in [2.75, 3.05) is 5.32 Å². The molecule has 0 aliphatic heterocycles. The molecule has 3 N–H and O–H groups in total. The minimum absolute atomic E-state index is 0.211. The smallest absolute Gasteiger partial charge is 0.149 e. The van der Waals surface area contributed by atoms with Crippen LogP contribution in [0.4, 0.5) is 15.8 Å². The molecule has 0 aliphatic carbocycles. The van der Waals surface area contributed by atoms with Gasteiger partial charge in [-0.05, 0) is 30.7 Å². The first-order valence-electron chi connectivity index (χ1n) is 5.36. The van der Waals surface area contributed by atoms with Gasteiger partial charge in [0.2, 0.25) is 0 Å². The van der Waals surface area contributed by atoms with Crippen LogP contribution in [0.15, 0.2) is 36.5 Å². The van der Waals surface area contributed by atoms with Crippen LogP contribution in [0, 0.1) is 12.7 Å². The zero-order valence-electron chi connectivity index (χ0n) is 9.77. The molecule has 0 fully saturated rings. The Morgan fingerprint density at radius 2 is 2.17 bits per heavy atom. The second-order valence-corrected chi connectivity index (χ2v) is 4.30. The molecular formula is C13H12FN3S. The van der Waals surface area contributed by atoms with Gasteiger partial charge in [-0.1, -0.05) is 24.4 Å². The van der Waals surface area contributed by atoms with Gasteiger partial charge in [0.05, 0.1) is 11.4 Å². The number of thiocarbonyl (C=S) groups is 1. The van der Waals surface area contributed by atoms with Crippen molar-refractivity contribution in [3.8, 4) is 0 Å². The van der Waals surface area contributed by atoms with Crippen molar-refractivity contribution in [2.24, 2.45) is 5.73 Å². The first-order chi connectivity index (χ1) is 8.58. The van der Waals surface area contributed by atoms with Crippen LogP contribution in [0.2, 0.25) is 0 Å². The number of nitrogens with two attached hydrogens (primary N) is 1. The van der Waals surface area contributed by atoms with E-state index in [2.05, 4.69) is 10.3 Å². The minimum atomic E-state index is -0.272. The summed E-state index contributed by atoms with van der Waals surface area (Å²) in [5.74, 6) is -0.272. The van der Waals surface area contributed by atoms with Crippen molar-refractivity contribution in [3.63, 3.8) is 0 Å². The summed E-state index contributed by atoms with van der Waals surface area (Å²) in [6, 6.07) is 8.58. The fraction of sp³-hybridized carbons (Fsp3) is 0.0769. The van der Waals surface area contributed by atoms with Crippen LogP contribution in [0.3, 0.4) is 0 Å². The van der Waals surface area contributed by atoms with Gasteiger partial charge in [-0.25, -0.2) is 4.39 Å². The number of hydrogen-bond acceptors (Lipinski definition) is 3. The standard InChI is InChI=1S/C13H12FN3S/c1-8-3-2-4-10(12(8)14)17-9-5-6-16-11(7-9)13(15)18/h2-7H,1H3,(H2,15,18)(H,16,17). The normalized spacial score (nSPS) is 10.1. The van der Waals surface area contributed by atoms with Gasteiger partial charge >= 0.3 is 0 Å². The lowest BCUT2D eigenvalue weighted by atomic mass is 10.2. The van der Waals surface area contributed by atoms with E-state index in [1.54, 1.807) is 43.5 Å². The lowest BCUT2D eigenvalue weighted by Crippen LogP contribution is -2.11. The van der Waals surface area contributed by atoms with Gasteiger partial charge in [0.15, 0.2) is 0 Å². The third-order valence-corrected chi connectivity index (χ3v) is 2.69. The summed E-state index contributed by atoms with van der Waals surface area (Å²) in [4.78, 5) is 4.23. The van der Waals surface area contributed by atoms with Crippen molar-refractivity contribution >= 4 is 28.6 Å². The van der Waals surface area contributed by atoms with Gasteiger partial charge in [-0.2, -0.15) is 0 Å². The van der Waals surface area contributed by atoms with Crippen molar-refractivity contribution in [1.29, 1.82) is 0 Å². The molecule has 18 heavy (non-hydrogen) atoms. The molecule has 0 saturated heterocycles. The molecule has 1 heterocycles. The molecule has 0 atom stereocenters. The summed E-state index contributed by atoms with van der Waals surface area (Å²) in [5.41, 5.74) is 7.69. The Hall–Kier alpha value is -2.01. The molecule has 1 aromatic heterocycles. The highest BCUT2D eigenvalue weighted by Crippen LogP contribution is 2.22. The zero-order valence-corrected chi connectivity index (χ0v) is 10.6. The highest BCUT2D eigenvalue weighted by molar-refractivity contribution is 7.80. The Labute approximate surface area is 110 Å². The number of aromatic nitrogens is 1. The van der Waals surface area contributed by atoms with Crippen LogP contribution in [0.1, 0.15) is 11.3 Å². The predicted octanol–water partition coefficient (Wildman–Crippen LogP) is 2.91. The maximum atomic E-state index is 13.8. The molecule has 0 aliphatic rings. The first kappa shape index (κ1) is 12.4. The lowest BCUT2D eigenvalue weighted by molar-refractivity contribution is 0.622. The molecule has 3 nitrogen and oxygen atoms in total. The van der Waals surface area contributed by atoms with Crippen molar-refractivity contribution in [3.05, 3.63) is 53.6 Å². The highest BCUT2D eigenvalue weighted by Gasteiger charge is 2.06. The fourth-order valence-electron chi connectivity index (χ4n) is 1.54. The molecule has 5 heteroatoms. The number of pyridine rings is 1. The highest BCUT2D eigenvalue weighted by atomic mass is 32.1. The molecule has 92 valence electrons. The summed E-state index contributed by atoms with van der Waals surface area (Å²) in [6.07, 6.45) is 1.57. The molecule has 0 saturated carbocycles. The number of nitrogens with one attached hydrogen (secondary N) is 1. The summed E-state index contributed by atoms with van der Waals surface area (Å²) in [6.45, 7) is 1.72. The van der Waals surface area contributed by atoms with Crippen molar-refractivity contribution in [1.82, 2.24) is 4.98 Å². The first-order valence-corrected chi connectivity index (χ1v) is 5.77. The second-order valence-electron chi connectivity index (χ2n) is 3.86. The minimum Gasteiger partial charge on any atom is -0.388 e. The third-order valence-electron chi connectivity index (χ3n) is 2.48. The van der Waals surface area contributed by atoms with E-state index in [1.807, 2.05) is 0 Å². The summed E-state index contributed by atoms with van der Waals surface area (Å²) >= 11 is 4.85. The topological polar surface area (TPSA) is 50.9 Å². The van der Waals surface area contributed by atoms with Crippen LogP contribution >= 0.6 is 12.2 Å². The largest absolute Gasteiger partial charge is 0.388 e. The lowest BCUT2D eigenvalue weighted by Gasteiger charge is -2.09. The van der Waals surface area contributed by atoms with E-state index in [0.29, 0.717) is 22.6 Å². The van der Waals surface area contributed by atoms with E-state index in [0.717, 1.165) is 0 Å². The van der Waals surface area contributed by atoms with Gasteiger partial charge < -0.3 is 11.1 Å². The van der Waals surface area contributed by atoms with Crippen molar-refractivity contribution < 1.29 is 4.39 Å². The summed E-state index contributed by atoms with van der Waals surface area (Å²) in [7, 11) is 0. The van der Waals surface area contributed by atoms with Crippen LogP contribution in [0.5, 0.6) is 0 Å². The molecule has 2 aromatic rings. The monoisotopic (exact) mass is 261 g/mol. The van der Waals surface area contributed by atoms with Gasteiger partial charge in [0.25, 0.3) is 0 Å². The fourth-order valence-corrected chi connectivity index (χ4v) is 1.65. The molecular weight excluding hydrogens is 249 g/mol.